The molecule has 1 fully saturated rings. The first-order valence-electron chi connectivity index (χ1n) is 6.90. The first-order chi connectivity index (χ1) is 11.4. The van der Waals surface area contributed by atoms with E-state index < -0.39 is 42.2 Å². The smallest absolute Gasteiger partial charge is 0.300 e. The highest BCUT2D eigenvalue weighted by Crippen LogP contribution is 2.31. The highest BCUT2D eigenvalue weighted by molar-refractivity contribution is 5.93. The van der Waals surface area contributed by atoms with Gasteiger partial charge < -0.3 is 30.5 Å². The number of non-ortho nitro benzene ring substituents is 1. The molecule has 0 radical (unpaired) electrons. The van der Waals surface area contributed by atoms with Crippen LogP contribution in [-0.4, -0.2) is 72.9 Å². The summed E-state index contributed by atoms with van der Waals surface area (Å²) in [5, 5.41) is 59.7. The van der Waals surface area contributed by atoms with Crippen molar-refractivity contribution in [2.24, 2.45) is 0 Å². The van der Waals surface area contributed by atoms with Gasteiger partial charge in [-0.25, -0.2) is 4.63 Å². The normalized spacial score (nSPS) is 30.4. The number of nitro benzene ring substituents is 1. The Labute approximate surface area is 133 Å². The van der Waals surface area contributed by atoms with Gasteiger partial charge in [-0.1, -0.05) is 0 Å². The van der Waals surface area contributed by atoms with Crippen LogP contribution in [0.4, 0.5) is 11.4 Å². The molecule has 2 aromatic rings. The van der Waals surface area contributed by atoms with Gasteiger partial charge >= 0.3 is 5.69 Å². The number of ether oxygens (including phenoxy) is 1. The van der Waals surface area contributed by atoms with Crippen LogP contribution in [0.3, 0.4) is 0 Å². The largest absolute Gasteiger partial charge is 0.394 e. The molecule has 12 nitrogen and oxygen atoms in total. The van der Waals surface area contributed by atoms with Gasteiger partial charge in [0, 0.05) is 6.07 Å². The van der Waals surface area contributed by atoms with Crippen molar-refractivity contribution in [2.45, 2.75) is 30.6 Å². The Hall–Kier alpha value is -2.38. The van der Waals surface area contributed by atoms with E-state index in [0.717, 1.165) is 6.07 Å². The van der Waals surface area contributed by atoms with Crippen LogP contribution in [0, 0.1) is 10.1 Å². The Kier molecular flexibility index (Phi) is 4.29. The van der Waals surface area contributed by atoms with Crippen molar-refractivity contribution in [1.82, 2.24) is 10.3 Å². The summed E-state index contributed by atoms with van der Waals surface area (Å²) in [4.78, 5) is 10.3. The molecule has 1 aliphatic heterocycles. The van der Waals surface area contributed by atoms with Gasteiger partial charge in [-0.2, -0.15) is 0 Å². The Morgan fingerprint density at radius 3 is 2.58 bits per heavy atom. The molecule has 2 unspecified atom stereocenters. The van der Waals surface area contributed by atoms with Crippen molar-refractivity contribution >= 4 is 22.4 Å². The second-order valence-electron chi connectivity index (χ2n) is 5.25. The van der Waals surface area contributed by atoms with E-state index in [-0.39, 0.29) is 22.4 Å². The zero-order chi connectivity index (χ0) is 17.4. The van der Waals surface area contributed by atoms with Crippen LogP contribution < -0.4 is 5.32 Å². The van der Waals surface area contributed by atoms with E-state index in [0.29, 0.717) is 0 Å². The molecule has 130 valence electrons. The van der Waals surface area contributed by atoms with E-state index >= 15 is 0 Å². The van der Waals surface area contributed by atoms with Gasteiger partial charge in [0.15, 0.2) is 11.8 Å². The predicted molar refractivity (Wildman–Crippen MR) is 75.8 cm³/mol. The molecule has 1 aromatic carbocycles. The maximum Gasteiger partial charge on any atom is 0.300 e. The lowest BCUT2D eigenvalue weighted by Gasteiger charge is -2.40. The zero-order valence-corrected chi connectivity index (χ0v) is 12.0. The molecule has 3 rings (SSSR count). The summed E-state index contributed by atoms with van der Waals surface area (Å²) in [5.41, 5.74) is -0.238. The molecule has 0 bridgehead atoms. The number of nitrogens with one attached hydrogen (secondary N) is 1. The molecule has 5 N–H and O–H groups in total. The number of fused-ring (bicyclic) bond motifs is 1. The molecule has 24 heavy (non-hydrogen) atoms. The number of benzene rings is 1. The van der Waals surface area contributed by atoms with Crippen LogP contribution in [0.15, 0.2) is 16.8 Å². The molecule has 1 aliphatic rings. The number of aliphatic hydroxyl groups excluding tert-OH is 4. The van der Waals surface area contributed by atoms with Crippen LogP contribution in [0.2, 0.25) is 0 Å². The molecule has 2 heterocycles. The van der Waals surface area contributed by atoms with Crippen molar-refractivity contribution in [3.63, 3.8) is 0 Å². The molecule has 0 aliphatic carbocycles. The van der Waals surface area contributed by atoms with E-state index in [9.17, 15) is 25.4 Å². The van der Waals surface area contributed by atoms with Gasteiger partial charge in [-0.3, -0.25) is 10.1 Å². The minimum absolute atomic E-state index is 0.0161. The lowest BCUT2D eigenvalue weighted by atomic mass is 9.96. The van der Waals surface area contributed by atoms with E-state index in [1.165, 1.54) is 6.07 Å². The fraction of sp³-hybridized carbons (Fsp3) is 0.500. The summed E-state index contributed by atoms with van der Waals surface area (Å²) in [5.74, 6) is 0. The van der Waals surface area contributed by atoms with Crippen LogP contribution in [0.25, 0.3) is 11.0 Å². The topological polar surface area (TPSA) is 184 Å². The highest BCUT2D eigenvalue weighted by Gasteiger charge is 2.44. The fourth-order valence-corrected chi connectivity index (χ4v) is 2.55. The molecule has 1 saturated heterocycles. The van der Waals surface area contributed by atoms with Crippen LogP contribution in [-0.2, 0) is 4.74 Å². The number of aromatic nitrogens is 2. The molecular formula is C12H14N4O8. The van der Waals surface area contributed by atoms with Gasteiger partial charge in [0.25, 0.3) is 0 Å². The van der Waals surface area contributed by atoms with Crippen LogP contribution in [0.1, 0.15) is 0 Å². The number of rotatable bonds is 4. The molecular weight excluding hydrogens is 328 g/mol. The van der Waals surface area contributed by atoms with E-state index in [1.54, 1.807) is 0 Å². The third kappa shape index (κ3) is 2.65. The van der Waals surface area contributed by atoms with Crippen molar-refractivity contribution in [1.29, 1.82) is 0 Å². The molecule has 0 saturated carbocycles. The predicted octanol–water partition coefficient (Wildman–Crippen LogP) is -1.66. The molecule has 5 atom stereocenters. The van der Waals surface area contributed by atoms with Gasteiger partial charge in [0.05, 0.1) is 17.2 Å². The lowest BCUT2D eigenvalue weighted by Crippen LogP contribution is -2.61. The Balaban J connectivity index is 1.91. The number of hydrogen-bond donors (Lipinski definition) is 5. The summed E-state index contributed by atoms with van der Waals surface area (Å²) in [6, 6.07) is 1.28. The van der Waals surface area contributed by atoms with Crippen molar-refractivity contribution in [3.05, 3.63) is 22.2 Å². The minimum Gasteiger partial charge on any atom is -0.394 e. The van der Waals surface area contributed by atoms with Gasteiger partial charge in [-0.15, -0.1) is 0 Å². The monoisotopic (exact) mass is 342 g/mol. The SMILES string of the molecule is O=[N+]([O-])c1ccc(N[C@@H]2C(O)[C@@H](O)C(CO)O[C@H]2O)c2nonc12. The van der Waals surface area contributed by atoms with E-state index in [1.807, 2.05) is 0 Å². The maximum atomic E-state index is 10.9. The lowest BCUT2D eigenvalue weighted by molar-refractivity contribution is -0.383. The summed E-state index contributed by atoms with van der Waals surface area (Å²) >= 11 is 0. The fourth-order valence-electron chi connectivity index (χ4n) is 2.55. The Morgan fingerprint density at radius 1 is 1.21 bits per heavy atom. The van der Waals surface area contributed by atoms with Gasteiger partial charge in [0.1, 0.15) is 24.4 Å². The average Bonchev–Trinajstić information content (AvgIpc) is 3.04. The second kappa shape index (κ2) is 6.26. The number of anilines is 1. The second-order valence-corrected chi connectivity index (χ2v) is 5.25. The third-order valence-electron chi connectivity index (χ3n) is 3.81. The number of aliphatic hydroxyl groups is 4. The number of hydrogen-bond acceptors (Lipinski definition) is 11. The first kappa shape index (κ1) is 16.5. The summed E-state index contributed by atoms with van der Waals surface area (Å²) < 4.78 is 9.54. The van der Waals surface area contributed by atoms with E-state index in [2.05, 4.69) is 20.3 Å². The Bertz CT molecular complexity index is 752. The van der Waals surface area contributed by atoms with Crippen molar-refractivity contribution in [2.75, 3.05) is 11.9 Å². The average molecular weight is 342 g/mol. The minimum atomic E-state index is -1.55. The summed E-state index contributed by atoms with van der Waals surface area (Å²) in [6.07, 6.45) is -5.61. The quantitative estimate of drug-likeness (QED) is 0.316. The van der Waals surface area contributed by atoms with Crippen LogP contribution >= 0.6 is 0 Å². The molecule has 0 amide bonds. The standard InChI is InChI=1S/C12H14N4O8/c17-3-6-10(18)11(19)9(12(20)23-6)13-4-1-2-5(16(21)22)8-7(4)14-24-15-8/h1-2,6,9-13,17-20H,3H2/t6?,9-,10+,11?,12-/m1/s1. The highest BCUT2D eigenvalue weighted by atomic mass is 16.6. The van der Waals surface area contributed by atoms with E-state index in [4.69, 9.17) is 9.84 Å². The van der Waals surface area contributed by atoms with Gasteiger partial charge in [0.2, 0.25) is 5.52 Å². The maximum absolute atomic E-state index is 10.9. The molecule has 1 aromatic heterocycles. The van der Waals surface area contributed by atoms with Crippen molar-refractivity contribution in [3.8, 4) is 0 Å². The molecule has 0 spiro atoms. The Morgan fingerprint density at radius 2 is 1.92 bits per heavy atom. The number of nitro groups is 1. The third-order valence-corrected chi connectivity index (χ3v) is 3.81. The molecule has 12 heteroatoms. The summed E-state index contributed by atoms with van der Waals surface area (Å²) in [7, 11) is 0. The van der Waals surface area contributed by atoms with Crippen molar-refractivity contribution < 1.29 is 34.7 Å². The first-order valence-corrected chi connectivity index (χ1v) is 6.90. The summed E-state index contributed by atoms with van der Waals surface area (Å²) in [6.45, 7) is -0.586. The van der Waals surface area contributed by atoms with Gasteiger partial charge in [-0.05, 0) is 16.4 Å². The number of nitrogens with zero attached hydrogens (tertiary/aromatic N) is 3. The van der Waals surface area contributed by atoms with Crippen LogP contribution in [0.5, 0.6) is 0 Å². The zero-order valence-electron chi connectivity index (χ0n) is 12.0.